The Morgan fingerprint density at radius 1 is 1.38 bits per heavy atom. The molecule has 0 radical (unpaired) electrons. The Kier molecular flexibility index (Phi) is 7.14. The molecule has 13 heavy (non-hydrogen) atoms. The van der Waals surface area contributed by atoms with Crippen molar-refractivity contribution in [1.29, 1.82) is 0 Å². The highest BCUT2D eigenvalue weighted by molar-refractivity contribution is 8.00. The summed E-state index contributed by atoms with van der Waals surface area (Å²) in [5, 5.41) is -0.0195. The van der Waals surface area contributed by atoms with Crippen LogP contribution in [0.15, 0.2) is 0 Å². The van der Waals surface area contributed by atoms with E-state index in [1.807, 2.05) is 13.8 Å². The minimum atomic E-state index is -0.0872. The molecule has 0 aromatic heterocycles. The summed E-state index contributed by atoms with van der Waals surface area (Å²) in [5.41, 5.74) is 0. The normalized spacial score (nSPS) is 15.1. The van der Waals surface area contributed by atoms with Gasteiger partial charge in [0, 0.05) is 0 Å². The van der Waals surface area contributed by atoms with Gasteiger partial charge < -0.3 is 4.74 Å². The second kappa shape index (κ2) is 7.25. The average Bonchev–Trinajstić information content (AvgIpc) is 2.13. The monoisotopic (exact) mass is 204 g/mol. The first-order chi connectivity index (χ1) is 6.11. The maximum absolute atomic E-state index is 11.2. The topological polar surface area (TPSA) is 26.3 Å². The van der Waals surface area contributed by atoms with Crippen LogP contribution in [0, 0.1) is 5.92 Å². The molecule has 0 aliphatic carbocycles. The highest BCUT2D eigenvalue weighted by atomic mass is 32.2. The van der Waals surface area contributed by atoms with E-state index in [0.717, 1.165) is 5.75 Å². The van der Waals surface area contributed by atoms with Crippen molar-refractivity contribution in [3.63, 3.8) is 0 Å². The summed E-state index contributed by atoms with van der Waals surface area (Å²) >= 11 is 1.68. The first-order valence-electron chi connectivity index (χ1n) is 4.90. The summed E-state index contributed by atoms with van der Waals surface area (Å²) < 4.78 is 4.91. The van der Waals surface area contributed by atoms with Gasteiger partial charge in [0.2, 0.25) is 0 Å². The fraction of sp³-hybridized carbons (Fsp3) is 0.900. The quantitative estimate of drug-likeness (QED) is 0.622. The Morgan fingerprint density at radius 2 is 2.00 bits per heavy atom. The van der Waals surface area contributed by atoms with Crippen molar-refractivity contribution in [2.75, 3.05) is 12.4 Å². The van der Waals surface area contributed by atoms with Crippen molar-refractivity contribution in [3.05, 3.63) is 0 Å². The van der Waals surface area contributed by atoms with E-state index in [2.05, 4.69) is 13.8 Å². The van der Waals surface area contributed by atoms with Crippen molar-refractivity contribution in [2.45, 2.75) is 39.4 Å². The molecule has 0 amide bonds. The Balaban J connectivity index is 3.60. The van der Waals surface area contributed by atoms with Crippen molar-refractivity contribution < 1.29 is 9.53 Å². The SMILES string of the molecule is CCOC(=O)C(C)SCC(C)CC. The van der Waals surface area contributed by atoms with Crippen LogP contribution in [0.1, 0.15) is 34.1 Å². The van der Waals surface area contributed by atoms with E-state index in [1.165, 1.54) is 6.42 Å². The van der Waals surface area contributed by atoms with Gasteiger partial charge in [-0.2, -0.15) is 0 Å². The molecule has 0 fully saturated rings. The van der Waals surface area contributed by atoms with E-state index in [9.17, 15) is 4.79 Å². The fourth-order valence-electron chi connectivity index (χ4n) is 0.754. The summed E-state index contributed by atoms with van der Waals surface area (Å²) in [5.74, 6) is 1.63. The molecule has 0 aliphatic rings. The Morgan fingerprint density at radius 3 is 2.46 bits per heavy atom. The lowest BCUT2D eigenvalue weighted by molar-refractivity contribution is -0.142. The Bertz CT molecular complexity index is 148. The molecule has 0 spiro atoms. The molecular formula is C10H20O2S. The van der Waals surface area contributed by atoms with Crippen LogP contribution in [-0.4, -0.2) is 23.6 Å². The fourth-order valence-corrected chi connectivity index (χ4v) is 1.81. The molecule has 0 aromatic carbocycles. The number of carbonyl (C=O) groups is 1. The molecule has 0 aliphatic heterocycles. The lowest BCUT2D eigenvalue weighted by Crippen LogP contribution is -2.18. The Labute approximate surface area is 85.4 Å². The molecule has 0 aromatic rings. The molecule has 3 heteroatoms. The number of hydrogen-bond acceptors (Lipinski definition) is 3. The maximum Gasteiger partial charge on any atom is 0.318 e. The molecule has 2 atom stereocenters. The van der Waals surface area contributed by atoms with E-state index >= 15 is 0 Å². The van der Waals surface area contributed by atoms with Gasteiger partial charge in [-0.1, -0.05) is 20.3 Å². The zero-order valence-corrected chi connectivity index (χ0v) is 9.82. The average molecular weight is 204 g/mol. The van der Waals surface area contributed by atoms with Gasteiger partial charge in [0.25, 0.3) is 0 Å². The first-order valence-corrected chi connectivity index (χ1v) is 5.94. The number of ether oxygens (including phenoxy) is 1. The number of thioether (sulfide) groups is 1. The summed E-state index contributed by atoms with van der Waals surface area (Å²) in [6, 6.07) is 0. The molecule has 0 bridgehead atoms. The second-order valence-electron chi connectivity index (χ2n) is 3.24. The van der Waals surface area contributed by atoms with E-state index in [4.69, 9.17) is 4.74 Å². The predicted molar refractivity (Wildman–Crippen MR) is 58.0 cm³/mol. The highest BCUT2D eigenvalue weighted by Crippen LogP contribution is 2.17. The third kappa shape index (κ3) is 5.97. The van der Waals surface area contributed by atoms with Crippen LogP contribution >= 0.6 is 11.8 Å². The molecule has 0 saturated carbocycles. The third-order valence-electron chi connectivity index (χ3n) is 1.95. The zero-order chi connectivity index (χ0) is 10.3. The highest BCUT2D eigenvalue weighted by Gasteiger charge is 2.14. The summed E-state index contributed by atoms with van der Waals surface area (Å²) in [6.07, 6.45) is 1.17. The van der Waals surface area contributed by atoms with Crippen molar-refractivity contribution in [3.8, 4) is 0 Å². The van der Waals surface area contributed by atoms with Crippen molar-refractivity contribution >= 4 is 17.7 Å². The molecule has 0 rings (SSSR count). The van der Waals surface area contributed by atoms with Gasteiger partial charge in [-0.3, -0.25) is 4.79 Å². The molecule has 2 nitrogen and oxygen atoms in total. The predicted octanol–water partition coefficient (Wildman–Crippen LogP) is 2.72. The largest absolute Gasteiger partial charge is 0.465 e. The molecule has 0 N–H and O–H groups in total. The van der Waals surface area contributed by atoms with E-state index in [-0.39, 0.29) is 11.2 Å². The van der Waals surface area contributed by atoms with E-state index in [0.29, 0.717) is 12.5 Å². The van der Waals surface area contributed by atoms with Crippen LogP contribution in [0.5, 0.6) is 0 Å². The molecular weight excluding hydrogens is 184 g/mol. The third-order valence-corrected chi connectivity index (χ3v) is 3.40. The number of rotatable bonds is 6. The van der Waals surface area contributed by atoms with Crippen LogP contribution in [0.25, 0.3) is 0 Å². The minimum Gasteiger partial charge on any atom is -0.465 e. The van der Waals surface area contributed by atoms with Gasteiger partial charge >= 0.3 is 5.97 Å². The molecule has 2 unspecified atom stereocenters. The summed E-state index contributed by atoms with van der Waals surface area (Å²) in [6.45, 7) is 8.59. The molecule has 78 valence electrons. The van der Waals surface area contributed by atoms with Crippen LogP contribution in [0.4, 0.5) is 0 Å². The first kappa shape index (κ1) is 12.8. The number of esters is 1. The van der Waals surface area contributed by atoms with Gasteiger partial charge in [-0.05, 0) is 25.5 Å². The van der Waals surface area contributed by atoms with Crippen molar-refractivity contribution in [2.24, 2.45) is 5.92 Å². The Hall–Kier alpha value is -0.180. The molecule has 0 saturated heterocycles. The van der Waals surface area contributed by atoms with Crippen LogP contribution in [0.3, 0.4) is 0 Å². The van der Waals surface area contributed by atoms with Crippen LogP contribution in [-0.2, 0) is 9.53 Å². The smallest absolute Gasteiger partial charge is 0.318 e. The van der Waals surface area contributed by atoms with Gasteiger partial charge in [0.05, 0.1) is 11.9 Å². The van der Waals surface area contributed by atoms with Gasteiger partial charge in [-0.15, -0.1) is 11.8 Å². The second-order valence-corrected chi connectivity index (χ2v) is 4.61. The number of hydrogen-bond donors (Lipinski definition) is 0. The van der Waals surface area contributed by atoms with Gasteiger partial charge in [-0.25, -0.2) is 0 Å². The molecule has 0 heterocycles. The lowest BCUT2D eigenvalue weighted by Gasteiger charge is -2.12. The van der Waals surface area contributed by atoms with Gasteiger partial charge in [0.15, 0.2) is 0 Å². The van der Waals surface area contributed by atoms with E-state index < -0.39 is 0 Å². The number of carbonyl (C=O) groups excluding carboxylic acids is 1. The van der Waals surface area contributed by atoms with Crippen LogP contribution in [0.2, 0.25) is 0 Å². The minimum absolute atomic E-state index is 0.0195. The van der Waals surface area contributed by atoms with Crippen molar-refractivity contribution in [1.82, 2.24) is 0 Å². The zero-order valence-electron chi connectivity index (χ0n) is 9.00. The van der Waals surface area contributed by atoms with Crippen LogP contribution < -0.4 is 0 Å². The summed E-state index contributed by atoms with van der Waals surface area (Å²) in [4.78, 5) is 11.2. The maximum atomic E-state index is 11.2. The standard InChI is InChI=1S/C10H20O2S/c1-5-8(3)7-13-9(4)10(11)12-6-2/h8-9H,5-7H2,1-4H3. The van der Waals surface area contributed by atoms with Gasteiger partial charge in [0.1, 0.15) is 0 Å². The lowest BCUT2D eigenvalue weighted by atomic mass is 10.2. The summed E-state index contributed by atoms with van der Waals surface area (Å²) in [7, 11) is 0. The van der Waals surface area contributed by atoms with E-state index in [1.54, 1.807) is 11.8 Å².